The van der Waals surface area contributed by atoms with Gasteiger partial charge in [0.05, 0.1) is 12.7 Å². The van der Waals surface area contributed by atoms with Gasteiger partial charge < -0.3 is 10.5 Å². The highest BCUT2D eigenvalue weighted by Gasteiger charge is 2.17. The molecule has 0 aliphatic rings. The molecule has 0 saturated carbocycles. The zero-order chi connectivity index (χ0) is 14.9. The summed E-state index contributed by atoms with van der Waals surface area (Å²) in [6.07, 6.45) is 0. The minimum atomic E-state index is -0.0602. The lowest BCUT2D eigenvalue weighted by Crippen LogP contribution is -2.07. The van der Waals surface area contributed by atoms with Gasteiger partial charge in [0, 0.05) is 21.8 Å². The largest absolute Gasteiger partial charge is 0.496 e. The van der Waals surface area contributed by atoms with E-state index in [1.807, 2.05) is 26.0 Å². The molecule has 0 fully saturated rings. The Morgan fingerprint density at radius 2 is 1.80 bits per heavy atom. The number of nitrogens with two attached hydrogens (primary N) is 1. The second-order valence-electron chi connectivity index (χ2n) is 4.71. The number of carbonyl (C=O) groups excluding carboxylic acids is 1. The van der Waals surface area contributed by atoms with Gasteiger partial charge in [-0.1, -0.05) is 15.9 Å². The zero-order valence-electron chi connectivity index (χ0n) is 11.7. The Kier molecular flexibility index (Phi) is 4.14. The Morgan fingerprint density at radius 1 is 1.10 bits per heavy atom. The summed E-state index contributed by atoms with van der Waals surface area (Å²) in [6.45, 7) is 3.88. The van der Waals surface area contributed by atoms with Crippen molar-refractivity contribution in [1.82, 2.24) is 0 Å². The van der Waals surface area contributed by atoms with Crippen molar-refractivity contribution in [2.45, 2.75) is 13.8 Å². The van der Waals surface area contributed by atoms with E-state index in [4.69, 9.17) is 10.5 Å². The van der Waals surface area contributed by atoms with E-state index in [0.29, 0.717) is 22.6 Å². The number of aryl methyl sites for hydroxylation is 2. The Labute approximate surface area is 126 Å². The van der Waals surface area contributed by atoms with Crippen LogP contribution >= 0.6 is 15.9 Å². The molecule has 3 nitrogen and oxygen atoms in total. The van der Waals surface area contributed by atoms with Gasteiger partial charge in [-0.05, 0) is 49.2 Å². The Balaban J connectivity index is 2.54. The monoisotopic (exact) mass is 333 g/mol. The van der Waals surface area contributed by atoms with E-state index in [-0.39, 0.29) is 5.78 Å². The van der Waals surface area contributed by atoms with Crippen LogP contribution in [0.2, 0.25) is 0 Å². The fourth-order valence-electron chi connectivity index (χ4n) is 2.07. The first kappa shape index (κ1) is 14.6. The molecule has 0 bridgehead atoms. The van der Waals surface area contributed by atoms with Crippen molar-refractivity contribution < 1.29 is 9.53 Å². The lowest BCUT2D eigenvalue weighted by Gasteiger charge is -2.11. The number of ketones is 1. The molecule has 2 aromatic carbocycles. The number of ether oxygens (including phenoxy) is 1. The zero-order valence-corrected chi connectivity index (χ0v) is 13.2. The summed E-state index contributed by atoms with van der Waals surface area (Å²) in [5, 5.41) is 0. The summed E-state index contributed by atoms with van der Waals surface area (Å²) in [5.41, 5.74) is 9.43. The summed E-state index contributed by atoms with van der Waals surface area (Å²) < 4.78 is 6.25. The number of hydrogen-bond donors (Lipinski definition) is 1. The van der Waals surface area contributed by atoms with E-state index in [1.165, 1.54) is 7.11 Å². The molecular formula is C16H16BrNO2. The topological polar surface area (TPSA) is 52.3 Å². The average molecular weight is 334 g/mol. The lowest BCUT2D eigenvalue weighted by atomic mass is 9.96. The third-order valence-corrected chi connectivity index (χ3v) is 4.07. The highest BCUT2D eigenvalue weighted by atomic mass is 79.9. The fourth-order valence-corrected chi connectivity index (χ4v) is 2.52. The molecule has 4 heteroatoms. The second kappa shape index (κ2) is 5.67. The number of anilines is 1. The molecule has 2 N–H and O–H groups in total. The smallest absolute Gasteiger partial charge is 0.197 e. The average Bonchev–Trinajstić information content (AvgIpc) is 2.42. The summed E-state index contributed by atoms with van der Waals surface area (Å²) in [5.74, 6) is 0.435. The molecule has 0 radical (unpaired) electrons. The Bertz CT molecular complexity index is 680. The second-order valence-corrected chi connectivity index (χ2v) is 5.56. The molecule has 0 atom stereocenters. The third-order valence-electron chi connectivity index (χ3n) is 3.22. The predicted octanol–water partition coefficient (Wildman–Crippen LogP) is 3.89. The van der Waals surface area contributed by atoms with Gasteiger partial charge in [0.2, 0.25) is 0 Å². The van der Waals surface area contributed by atoms with E-state index < -0.39 is 0 Å². The molecule has 0 aromatic heterocycles. The first-order valence-electron chi connectivity index (χ1n) is 6.19. The molecular weight excluding hydrogens is 318 g/mol. The highest BCUT2D eigenvalue weighted by molar-refractivity contribution is 9.10. The van der Waals surface area contributed by atoms with E-state index >= 15 is 0 Å². The van der Waals surface area contributed by atoms with E-state index in [1.54, 1.807) is 18.2 Å². The van der Waals surface area contributed by atoms with Crippen LogP contribution in [0.3, 0.4) is 0 Å². The summed E-state index contributed by atoms with van der Waals surface area (Å²) >= 11 is 3.47. The van der Waals surface area contributed by atoms with Crippen LogP contribution in [0.5, 0.6) is 5.75 Å². The van der Waals surface area contributed by atoms with Crippen molar-refractivity contribution in [3.05, 3.63) is 57.1 Å². The molecule has 104 valence electrons. The molecule has 2 aromatic rings. The van der Waals surface area contributed by atoms with Crippen molar-refractivity contribution >= 4 is 27.4 Å². The van der Waals surface area contributed by atoms with Crippen LogP contribution in [-0.4, -0.2) is 12.9 Å². The van der Waals surface area contributed by atoms with Crippen LogP contribution in [0.4, 0.5) is 5.69 Å². The summed E-state index contributed by atoms with van der Waals surface area (Å²) in [4.78, 5) is 12.7. The molecule has 0 aliphatic heterocycles. The molecule has 0 spiro atoms. The van der Waals surface area contributed by atoms with Crippen LogP contribution in [-0.2, 0) is 0 Å². The van der Waals surface area contributed by atoms with E-state index in [0.717, 1.165) is 15.6 Å². The van der Waals surface area contributed by atoms with Crippen LogP contribution in [0.25, 0.3) is 0 Å². The third kappa shape index (κ3) is 2.70. The predicted molar refractivity (Wildman–Crippen MR) is 84.5 cm³/mol. The number of methoxy groups -OCH3 is 1. The van der Waals surface area contributed by atoms with Crippen LogP contribution in [0.1, 0.15) is 27.0 Å². The van der Waals surface area contributed by atoms with Gasteiger partial charge in [0.1, 0.15) is 5.75 Å². The highest BCUT2D eigenvalue weighted by Crippen LogP contribution is 2.27. The molecule has 0 unspecified atom stereocenters. The summed E-state index contributed by atoms with van der Waals surface area (Å²) in [7, 11) is 1.53. The standard InChI is InChI=1S/C16H16BrNO2/c1-9-7-14(17)10(2)6-13(9)16(19)12-5-4-11(18)8-15(12)20-3/h4-8H,18H2,1-3H3. The minimum Gasteiger partial charge on any atom is -0.496 e. The number of nitrogen functional groups attached to an aromatic ring is 1. The first-order valence-corrected chi connectivity index (χ1v) is 6.98. The maximum atomic E-state index is 12.7. The maximum Gasteiger partial charge on any atom is 0.197 e. The van der Waals surface area contributed by atoms with Gasteiger partial charge in [-0.2, -0.15) is 0 Å². The molecule has 0 amide bonds. The van der Waals surface area contributed by atoms with Gasteiger partial charge in [-0.25, -0.2) is 0 Å². The number of halogens is 1. The number of rotatable bonds is 3. The van der Waals surface area contributed by atoms with Gasteiger partial charge >= 0.3 is 0 Å². The van der Waals surface area contributed by atoms with E-state index in [2.05, 4.69) is 15.9 Å². The molecule has 0 heterocycles. The van der Waals surface area contributed by atoms with Crippen LogP contribution in [0.15, 0.2) is 34.8 Å². The molecule has 0 aliphatic carbocycles. The van der Waals surface area contributed by atoms with Gasteiger partial charge in [0.25, 0.3) is 0 Å². The minimum absolute atomic E-state index is 0.0602. The summed E-state index contributed by atoms with van der Waals surface area (Å²) in [6, 6.07) is 8.91. The number of hydrogen-bond acceptors (Lipinski definition) is 3. The first-order chi connectivity index (χ1) is 9.43. The van der Waals surface area contributed by atoms with E-state index in [9.17, 15) is 4.79 Å². The van der Waals surface area contributed by atoms with Crippen molar-refractivity contribution in [1.29, 1.82) is 0 Å². The van der Waals surface area contributed by atoms with Gasteiger partial charge in [-0.15, -0.1) is 0 Å². The van der Waals surface area contributed by atoms with Gasteiger partial charge in [0.15, 0.2) is 5.78 Å². The normalized spacial score (nSPS) is 10.4. The lowest BCUT2D eigenvalue weighted by molar-refractivity contribution is 0.103. The number of benzene rings is 2. The van der Waals surface area contributed by atoms with Crippen molar-refractivity contribution in [3.63, 3.8) is 0 Å². The van der Waals surface area contributed by atoms with Gasteiger partial charge in [-0.3, -0.25) is 4.79 Å². The van der Waals surface area contributed by atoms with Crippen molar-refractivity contribution in [2.24, 2.45) is 0 Å². The Morgan fingerprint density at radius 3 is 2.45 bits per heavy atom. The van der Waals surface area contributed by atoms with Crippen molar-refractivity contribution in [2.75, 3.05) is 12.8 Å². The molecule has 0 saturated heterocycles. The van der Waals surface area contributed by atoms with Crippen LogP contribution in [0, 0.1) is 13.8 Å². The molecule has 2 rings (SSSR count). The Hall–Kier alpha value is -1.81. The van der Waals surface area contributed by atoms with Crippen LogP contribution < -0.4 is 10.5 Å². The molecule has 20 heavy (non-hydrogen) atoms. The fraction of sp³-hybridized carbons (Fsp3) is 0.188. The quantitative estimate of drug-likeness (QED) is 0.684. The van der Waals surface area contributed by atoms with Crippen molar-refractivity contribution in [3.8, 4) is 5.75 Å². The number of carbonyl (C=O) groups is 1. The maximum absolute atomic E-state index is 12.7. The SMILES string of the molecule is COc1cc(N)ccc1C(=O)c1cc(C)c(Br)cc1C.